The molecule has 0 aliphatic heterocycles. The maximum absolute atomic E-state index is 13.1. The second kappa shape index (κ2) is 6.32. The largest absolute Gasteiger partial charge is 0.462 e. The van der Waals surface area contributed by atoms with Crippen LogP contribution >= 0.6 is 11.3 Å². The van der Waals surface area contributed by atoms with E-state index in [9.17, 15) is 14.0 Å². The van der Waals surface area contributed by atoms with Crippen molar-refractivity contribution in [1.29, 1.82) is 0 Å². The second-order valence-corrected chi connectivity index (χ2v) is 6.70. The molecule has 1 aliphatic carbocycles. The third-order valence-corrected chi connectivity index (χ3v) is 5.11. The van der Waals surface area contributed by atoms with Crippen LogP contribution in [0.25, 0.3) is 0 Å². The van der Waals surface area contributed by atoms with Crippen molar-refractivity contribution in [2.75, 3.05) is 11.9 Å². The summed E-state index contributed by atoms with van der Waals surface area (Å²) in [4.78, 5) is 29.1. The van der Waals surface area contributed by atoms with E-state index in [1.807, 2.05) is 0 Å². The SMILES string of the molecule is CCOC(=O)c1sc(NC(=O)C2(c3ccc(F)cc3)CC2)nc1C. The Morgan fingerprint density at radius 3 is 2.58 bits per heavy atom. The molecule has 1 aromatic carbocycles. The van der Waals surface area contributed by atoms with Crippen LogP contribution in [0.5, 0.6) is 0 Å². The average Bonchev–Trinajstić information content (AvgIpc) is 3.27. The molecule has 0 saturated heterocycles. The molecule has 0 radical (unpaired) electrons. The molecule has 0 spiro atoms. The minimum atomic E-state index is -0.628. The van der Waals surface area contributed by atoms with Crippen LogP contribution in [0.15, 0.2) is 24.3 Å². The Hall–Kier alpha value is -2.28. The topological polar surface area (TPSA) is 68.3 Å². The van der Waals surface area contributed by atoms with Gasteiger partial charge in [-0.2, -0.15) is 0 Å². The van der Waals surface area contributed by atoms with E-state index in [4.69, 9.17) is 4.74 Å². The zero-order valence-electron chi connectivity index (χ0n) is 13.4. The summed E-state index contributed by atoms with van der Waals surface area (Å²) in [6.45, 7) is 3.72. The summed E-state index contributed by atoms with van der Waals surface area (Å²) in [7, 11) is 0. The Bertz CT molecular complexity index is 782. The molecular formula is C17H17FN2O3S. The number of anilines is 1. The predicted molar refractivity (Wildman–Crippen MR) is 88.7 cm³/mol. The van der Waals surface area contributed by atoms with Gasteiger partial charge in [-0.15, -0.1) is 0 Å². The molecule has 0 atom stereocenters. The molecule has 1 saturated carbocycles. The first-order chi connectivity index (χ1) is 11.5. The Morgan fingerprint density at radius 1 is 1.33 bits per heavy atom. The van der Waals surface area contributed by atoms with E-state index in [-0.39, 0.29) is 18.3 Å². The van der Waals surface area contributed by atoms with Gasteiger partial charge in [0.2, 0.25) is 5.91 Å². The lowest BCUT2D eigenvalue weighted by Crippen LogP contribution is -2.27. The van der Waals surface area contributed by atoms with Crippen molar-refractivity contribution >= 4 is 28.3 Å². The Balaban J connectivity index is 1.77. The predicted octanol–water partition coefficient (Wildman–Crippen LogP) is 3.44. The number of aryl methyl sites for hydroxylation is 1. The van der Waals surface area contributed by atoms with Crippen LogP contribution in [0.4, 0.5) is 9.52 Å². The smallest absolute Gasteiger partial charge is 0.350 e. The summed E-state index contributed by atoms with van der Waals surface area (Å²) in [5, 5.41) is 3.15. The first-order valence-electron chi connectivity index (χ1n) is 7.68. The van der Waals surface area contributed by atoms with Crippen molar-refractivity contribution in [3.63, 3.8) is 0 Å². The quantitative estimate of drug-likeness (QED) is 0.841. The first-order valence-corrected chi connectivity index (χ1v) is 8.50. The Kier molecular flexibility index (Phi) is 4.36. The van der Waals surface area contributed by atoms with E-state index in [0.717, 1.165) is 16.9 Å². The molecule has 1 heterocycles. The molecule has 0 unspecified atom stereocenters. The van der Waals surface area contributed by atoms with Crippen molar-refractivity contribution in [3.8, 4) is 0 Å². The highest BCUT2D eigenvalue weighted by Gasteiger charge is 2.51. The highest BCUT2D eigenvalue weighted by atomic mass is 32.1. The number of rotatable bonds is 5. The molecular weight excluding hydrogens is 331 g/mol. The fourth-order valence-electron chi connectivity index (χ4n) is 2.59. The van der Waals surface area contributed by atoms with E-state index in [1.165, 1.54) is 12.1 Å². The van der Waals surface area contributed by atoms with Gasteiger partial charge in [-0.05, 0) is 44.4 Å². The molecule has 1 aromatic heterocycles. The second-order valence-electron chi connectivity index (χ2n) is 5.70. The molecule has 1 N–H and O–H groups in total. The minimum absolute atomic E-state index is 0.182. The molecule has 24 heavy (non-hydrogen) atoms. The summed E-state index contributed by atoms with van der Waals surface area (Å²) in [6.07, 6.45) is 1.42. The fourth-order valence-corrected chi connectivity index (χ4v) is 3.45. The van der Waals surface area contributed by atoms with Gasteiger partial charge in [0, 0.05) is 0 Å². The number of halogens is 1. The van der Waals surface area contributed by atoms with Crippen LogP contribution in [0.3, 0.4) is 0 Å². The Morgan fingerprint density at radius 2 is 2.00 bits per heavy atom. The molecule has 7 heteroatoms. The van der Waals surface area contributed by atoms with Gasteiger partial charge in [-0.3, -0.25) is 4.79 Å². The molecule has 1 fully saturated rings. The number of esters is 1. The number of benzene rings is 1. The van der Waals surface area contributed by atoms with Crippen LogP contribution in [0.2, 0.25) is 0 Å². The zero-order valence-corrected chi connectivity index (χ0v) is 14.2. The Labute approximate surface area is 142 Å². The number of nitrogens with zero attached hydrogens (tertiary/aromatic N) is 1. The van der Waals surface area contributed by atoms with Crippen LogP contribution in [-0.2, 0) is 14.9 Å². The number of amides is 1. The summed E-state index contributed by atoms with van der Waals surface area (Å²) in [6, 6.07) is 5.99. The molecule has 5 nitrogen and oxygen atoms in total. The van der Waals surface area contributed by atoms with Gasteiger partial charge in [0.15, 0.2) is 5.13 Å². The molecule has 126 valence electrons. The van der Waals surface area contributed by atoms with Crippen LogP contribution in [0.1, 0.15) is 40.7 Å². The van der Waals surface area contributed by atoms with E-state index in [2.05, 4.69) is 10.3 Å². The van der Waals surface area contributed by atoms with Gasteiger partial charge < -0.3 is 10.1 Å². The van der Waals surface area contributed by atoms with Crippen LogP contribution < -0.4 is 5.32 Å². The monoisotopic (exact) mass is 348 g/mol. The maximum atomic E-state index is 13.1. The van der Waals surface area contributed by atoms with Gasteiger partial charge in [-0.1, -0.05) is 23.5 Å². The lowest BCUT2D eigenvalue weighted by molar-refractivity contribution is -0.118. The normalized spacial score (nSPS) is 15.0. The lowest BCUT2D eigenvalue weighted by Gasteiger charge is -2.14. The number of carbonyl (C=O) groups is 2. The fraction of sp³-hybridized carbons (Fsp3) is 0.353. The van der Waals surface area contributed by atoms with Gasteiger partial charge in [0.1, 0.15) is 10.7 Å². The van der Waals surface area contributed by atoms with Gasteiger partial charge in [0.05, 0.1) is 17.7 Å². The summed E-state index contributed by atoms with van der Waals surface area (Å²) in [5.74, 6) is -0.949. The van der Waals surface area contributed by atoms with Crippen molar-refractivity contribution < 1.29 is 18.7 Å². The number of aromatic nitrogens is 1. The summed E-state index contributed by atoms with van der Waals surface area (Å²) < 4.78 is 18.0. The van der Waals surface area contributed by atoms with Crippen molar-refractivity contribution in [2.45, 2.75) is 32.1 Å². The third kappa shape index (κ3) is 3.03. The van der Waals surface area contributed by atoms with Crippen molar-refractivity contribution in [1.82, 2.24) is 4.98 Å². The van der Waals surface area contributed by atoms with Crippen LogP contribution in [-0.4, -0.2) is 23.5 Å². The van der Waals surface area contributed by atoms with Crippen molar-refractivity contribution in [3.05, 3.63) is 46.2 Å². The maximum Gasteiger partial charge on any atom is 0.350 e. The van der Waals surface area contributed by atoms with Crippen LogP contribution in [0, 0.1) is 12.7 Å². The van der Waals surface area contributed by atoms with Gasteiger partial charge in [0.25, 0.3) is 0 Å². The highest BCUT2D eigenvalue weighted by molar-refractivity contribution is 7.17. The number of thiazole rings is 1. The van der Waals surface area contributed by atoms with E-state index in [1.54, 1.807) is 26.0 Å². The summed E-state index contributed by atoms with van der Waals surface area (Å²) >= 11 is 1.10. The van der Waals surface area contributed by atoms with Gasteiger partial charge in [-0.25, -0.2) is 14.2 Å². The number of hydrogen-bond acceptors (Lipinski definition) is 5. The molecule has 1 aliphatic rings. The number of hydrogen-bond donors (Lipinski definition) is 1. The third-order valence-electron chi connectivity index (χ3n) is 4.06. The average molecular weight is 348 g/mol. The highest BCUT2D eigenvalue weighted by Crippen LogP contribution is 2.49. The summed E-state index contributed by atoms with van der Waals surface area (Å²) in [5.41, 5.74) is 0.692. The molecule has 0 bridgehead atoms. The molecule has 3 rings (SSSR count). The van der Waals surface area contributed by atoms with E-state index in [0.29, 0.717) is 28.5 Å². The number of nitrogens with one attached hydrogen (secondary N) is 1. The number of ether oxygens (including phenoxy) is 1. The zero-order chi connectivity index (χ0) is 17.3. The minimum Gasteiger partial charge on any atom is -0.462 e. The van der Waals surface area contributed by atoms with Crippen molar-refractivity contribution in [2.24, 2.45) is 0 Å². The van der Waals surface area contributed by atoms with E-state index < -0.39 is 11.4 Å². The lowest BCUT2D eigenvalue weighted by atomic mass is 9.95. The van der Waals surface area contributed by atoms with E-state index >= 15 is 0 Å². The molecule has 2 aromatic rings. The molecule has 1 amide bonds. The first kappa shape index (κ1) is 16.6. The number of carbonyl (C=O) groups excluding carboxylic acids is 2. The van der Waals surface area contributed by atoms with Gasteiger partial charge >= 0.3 is 5.97 Å². The standard InChI is InChI=1S/C17H17FN2O3S/c1-3-23-14(21)13-10(2)19-16(24-13)20-15(22)17(8-9-17)11-4-6-12(18)7-5-11/h4-7H,3,8-9H2,1-2H3,(H,19,20,22).